The first kappa shape index (κ1) is 19.1. The zero-order valence-electron chi connectivity index (χ0n) is 16.9. The van der Waals surface area contributed by atoms with Crippen molar-refractivity contribution < 1.29 is 14.3 Å². The van der Waals surface area contributed by atoms with Crippen LogP contribution in [0.4, 0.5) is 0 Å². The van der Waals surface area contributed by atoms with Gasteiger partial charge in [-0.25, -0.2) is 4.98 Å². The van der Waals surface area contributed by atoms with Gasteiger partial charge in [0.05, 0.1) is 12.4 Å². The number of fused-ring (bicyclic) bond motifs is 1. The van der Waals surface area contributed by atoms with E-state index in [9.17, 15) is 4.79 Å². The van der Waals surface area contributed by atoms with E-state index in [0.717, 1.165) is 29.0 Å². The largest absolute Gasteiger partial charge is 0.483 e. The Balaban J connectivity index is 1.34. The maximum Gasteiger partial charge on any atom is 0.258 e. The molecule has 1 aliphatic heterocycles. The highest BCUT2D eigenvalue weighted by Crippen LogP contribution is 2.41. The second kappa shape index (κ2) is 7.62. The second-order valence-electron chi connectivity index (χ2n) is 7.92. The van der Waals surface area contributed by atoms with Crippen LogP contribution in [0.5, 0.6) is 11.5 Å². The Morgan fingerprint density at radius 2 is 2.07 bits per heavy atom. The molecule has 6 nitrogen and oxygen atoms in total. The zero-order valence-corrected chi connectivity index (χ0v) is 16.9. The Bertz CT molecular complexity index is 995. The fraction of sp³-hybridized carbons (Fsp3) is 0.304. The van der Waals surface area contributed by atoms with Crippen LogP contribution in [0.3, 0.4) is 0 Å². The van der Waals surface area contributed by atoms with Gasteiger partial charge >= 0.3 is 0 Å². The van der Waals surface area contributed by atoms with Crippen molar-refractivity contribution in [2.75, 3.05) is 6.61 Å². The van der Waals surface area contributed by atoms with E-state index in [2.05, 4.69) is 10.3 Å². The van der Waals surface area contributed by atoms with Gasteiger partial charge in [-0.1, -0.05) is 24.3 Å². The third-order valence-corrected chi connectivity index (χ3v) is 4.99. The van der Waals surface area contributed by atoms with E-state index < -0.39 is 0 Å². The molecular formula is C23H25N3O3. The third-order valence-electron chi connectivity index (χ3n) is 4.99. The van der Waals surface area contributed by atoms with Gasteiger partial charge in [0.2, 0.25) is 0 Å². The van der Waals surface area contributed by atoms with Crippen LogP contribution in [-0.2, 0) is 11.2 Å². The molecule has 0 spiro atoms. The van der Waals surface area contributed by atoms with Crippen molar-refractivity contribution >= 4 is 5.91 Å². The number of hydrogen-bond donors (Lipinski definition) is 1. The highest BCUT2D eigenvalue weighted by molar-refractivity contribution is 5.78. The average molecular weight is 391 g/mol. The molecule has 0 aliphatic carbocycles. The predicted octanol–water partition coefficient (Wildman–Crippen LogP) is 3.84. The topological polar surface area (TPSA) is 65.4 Å². The van der Waals surface area contributed by atoms with Crippen molar-refractivity contribution in [3.8, 4) is 17.2 Å². The van der Waals surface area contributed by atoms with E-state index in [1.54, 1.807) is 12.5 Å². The standard InChI is InChI=1S/C23H25N3O3/c1-16(17-7-9-19(10-8-17)26-12-11-24-15-26)25-21(27)14-28-20-6-4-5-18-13-23(2,3)29-22(18)20/h4-12,15-16H,13-14H2,1-3H3,(H,25,27)/t16-/m0/s1. The van der Waals surface area contributed by atoms with E-state index in [0.29, 0.717) is 5.75 Å². The molecule has 1 aliphatic rings. The Morgan fingerprint density at radius 1 is 1.28 bits per heavy atom. The molecule has 2 aromatic carbocycles. The molecular weight excluding hydrogens is 366 g/mol. The summed E-state index contributed by atoms with van der Waals surface area (Å²) in [4.78, 5) is 16.4. The first-order valence-corrected chi connectivity index (χ1v) is 9.73. The average Bonchev–Trinajstić information content (AvgIpc) is 3.33. The smallest absolute Gasteiger partial charge is 0.258 e. The van der Waals surface area contributed by atoms with Gasteiger partial charge in [0, 0.05) is 30.1 Å². The summed E-state index contributed by atoms with van der Waals surface area (Å²) in [5, 5.41) is 2.98. The molecule has 0 saturated carbocycles. The van der Waals surface area contributed by atoms with Crippen molar-refractivity contribution in [2.45, 2.75) is 38.8 Å². The normalized spacial score (nSPS) is 15.3. The lowest BCUT2D eigenvalue weighted by Crippen LogP contribution is -2.31. The van der Waals surface area contributed by atoms with Crippen LogP contribution in [0.15, 0.2) is 61.2 Å². The van der Waals surface area contributed by atoms with Crippen LogP contribution < -0.4 is 14.8 Å². The first-order chi connectivity index (χ1) is 13.9. The van der Waals surface area contributed by atoms with Crippen molar-refractivity contribution in [1.29, 1.82) is 0 Å². The number of ether oxygens (including phenoxy) is 2. The maximum atomic E-state index is 12.4. The fourth-order valence-corrected chi connectivity index (χ4v) is 3.56. The van der Waals surface area contributed by atoms with Gasteiger partial charge in [-0.15, -0.1) is 0 Å². The summed E-state index contributed by atoms with van der Waals surface area (Å²) in [7, 11) is 0. The van der Waals surface area contributed by atoms with Crippen LogP contribution >= 0.6 is 0 Å². The van der Waals surface area contributed by atoms with Crippen molar-refractivity contribution in [3.05, 3.63) is 72.3 Å². The van der Waals surface area contributed by atoms with E-state index in [1.807, 2.05) is 74.0 Å². The number of amides is 1. The van der Waals surface area contributed by atoms with Crippen LogP contribution in [-0.4, -0.2) is 27.7 Å². The van der Waals surface area contributed by atoms with Gasteiger partial charge in [0.25, 0.3) is 5.91 Å². The summed E-state index contributed by atoms with van der Waals surface area (Å²) in [5.74, 6) is 1.18. The zero-order chi connectivity index (χ0) is 20.4. The lowest BCUT2D eigenvalue weighted by Gasteiger charge is -2.18. The fourth-order valence-electron chi connectivity index (χ4n) is 3.56. The summed E-state index contributed by atoms with van der Waals surface area (Å²) in [6.45, 7) is 5.99. The predicted molar refractivity (Wildman–Crippen MR) is 110 cm³/mol. The van der Waals surface area contributed by atoms with Gasteiger partial charge in [-0.3, -0.25) is 4.79 Å². The van der Waals surface area contributed by atoms with E-state index in [1.165, 1.54) is 0 Å². The van der Waals surface area contributed by atoms with Gasteiger partial charge in [-0.2, -0.15) is 0 Å². The monoisotopic (exact) mass is 391 g/mol. The number of imidazole rings is 1. The minimum atomic E-state index is -0.249. The molecule has 2 heterocycles. The lowest BCUT2D eigenvalue weighted by atomic mass is 10.0. The molecule has 1 amide bonds. The van der Waals surface area contributed by atoms with E-state index >= 15 is 0 Å². The summed E-state index contributed by atoms with van der Waals surface area (Å²) in [6.07, 6.45) is 6.22. The van der Waals surface area contributed by atoms with Crippen LogP contribution in [0.25, 0.3) is 5.69 Å². The highest BCUT2D eigenvalue weighted by Gasteiger charge is 2.32. The number of rotatable bonds is 6. The Morgan fingerprint density at radius 3 is 2.79 bits per heavy atom. The van der Waals surface area contributed by atoms with Crippen LogP contribution in [0.1, 0.15) is 37.9 Å². The number of carbonyl (C=O) groups excluding carboxylic acids is 1. The van der Waals surface area contributed by atoms with Crippen molar-refractivity contribution in [2.24, 2.45) is 0 Å². The maximum absolute atomic E-state index is 12.4. The first-order valence-electron chi connectivity index (χ1n) is 9.73. The summed E-state index contributed by atoms with van der Waals surface area (Å²) in [5.41, 5.74) is 2.91. The van der Waals surface area contributed by atoms with E-state index in [-0.39, 0.29) is 24.2 Å². The molecule has 0 unspecified atom stereocenters. The van der Waals surface area contributed by atoms with Gasteiger partial charge in [0.15, 0.2) is 18.1 Å². The van der Waals surface area contributed by atoms with Gasteiger partial charge in [-0.05, 0) is 44.5 Å². The number of carbonyl (C=O) groups is 1. The third kappa shape index (κ3) is 4.26. The molecule has 150 valence electrons. The van der Waals surface area contributed by atoms with E-state index in [4.69, 9.17) is 9.47 Å². The molecule has 29 heavy (non-hydrogen) atoms. The lowest BCUT2D eigenvalue weighted by molar-refractivity contribution is -0.123. The molecule has 6 heteroatoms. The quantitative estimate of drug-likeness (QED) is 0.693. The molecule has 0 saturated heterocycles. The molecule has 1 aromatic heterocycles. The molecule has 3 aromatic rings. The highest BCUT2D eigenvalue weighted by atomic mass is 16.5. The van der Waals surface area contributed by atoms with Crippen LogP contribution in [0.2, 0.25) is 0 Å². The van der Waals surface area contributed by atoms with Crippen molar-refractivity contribution in [1.82, 2.24) is 14.9 Å². The van der Waals surface area contributed by atoms with Gasteiger partial charge < -0.3 is 19.4 Å². The second-order valence-corrected chi connectivity index (χ2v) is 7.92. The molecule has 0 radical (unpaired) electrons. The van der Waals surface area contributed by atoms with Crippen LogP contribution in [0, 0.1) is 0 Å². The molecule has 4 rings (SSSR count). The Kier molecular flexibility index (Phi) is 5.01. The number of benzene rings is 2. The molecule has 0 fully saturated rings. The molecule has 0 bridgehead atoms. The molecule has 1 atom stereocenters. The van der Waals surface area contributed by atoms with Gasteiger partial charge in [0.1, 0.15) is 5.60 Å². The number of hydrogen-bond acceptors (Lipinski definition) is 4. The minimum Gasteiger partial charge on any atom is -0.483 e. The SMILES string of the molecule is C[C@H](NC(=O)COc1cccc2c1OC(C)(C)C2)c1ccc(-n2ccnc2)cc1. The number of nitrogens with zero attached hydrogens (tertiary/aromatic N) is 2. The molecule has 1 N–H and O–H groups in total. The minimum absolute atomic E-state index is 0.0578. The Labute approximate surface area is 170 Å². The summed E-state index contributed by atoms with van der Waals surface area (Å²) < 4.78 is 13.7. The number of nitrogens with one attached hydrogen (secondary N) is 1. The Hall–Kier alpha value is -3.28. The summed E-state index contributed by atoms with van der Waals surface area (Å²) in [6, 6.07) is 13.7. The van der Waals surface area contributed by atoms with Crippen molar-refractivity contribution in [3.63, 3.8) is 0 Å². The number of para-hydroxylation sites is 1. The number of aromatic nitrogens is 2. The summed E-state index contributed by atoms with van der Waals surface area (Å²) >= 11 is 0.